The van der Waals surface area contributed by atoms with Crippen LogP contribution in [0.1, 0.15) is 13.3 Å². The average Bonchev–Trinajstić information content (AvgIpc) is 2.52. The molecule has 0 radical (unpaired) electrons. The van der Waals surface area contributed by atoms with Crippen molar-refractivity contribution in [3.8, 4) is 0 Å². The summed E-state index contributed by atoms with van der Waals surface area (Å²) in [4.78, 5) is 11.2. The fraction of sp³-hybridized carbons (Fsp3) is 0.889. The molecule has 1 saturated heterocycles. The van der Waals surface area contributed by atoms with Gasteiger partial charge in [0.15, 0.2) is 9.84 Å². The smallest absolute Gasteiger partial charge is 0.314 e. The maximum Gasteiger partial charge on any atom is 0.314 e. The lowest BCUT2D eigenvalue weighted by Gasteiger charge is -2.11. The molecule has 3 N–H and O–H groups in total. The molecule has 1 aliphatic heterocycles. The number of nitrogens with one attached hydrogen (secondary N) is 2. The summed E-state index contributed by atoms with van der Waals surface area (Å²) in [6.45, 7) is 2.13. The molecule has 1 heterocycles. The molecular weight excluding hydrogens is 232 g/mol. The Balaban J connectivity index is 2.18. The number of sulfone groups is 1. The van der Waals surface area contributed by atoms with Gasteiger partial charge in [-0.25, -0.2) is 13.2 Å². The van der Waals surface area contributed by atoms with Crippen molar-refractivity contribution in [2.45, 2.75) is 19.4 Å². The third kappa shape index (κ3) is 4.80. The normalized spacial score (nSPS) is 25.0. The summed E-state index contributed by atoms with van der Waals surface area (Å²) in [5.41, 5.74) is 0. The van der Waals surface area contributed by atoms with Crippen LogP contribution in [-0.2, 0) is 9.84 Å². The minimum absolute atomic E-state index is 0.0160. The first-order chi connectivity index (χ1) is 7.39. The molecule has 16 heavy (non-hydrogen) atoms. The molecule has 0 spiro atoms. The summed E-state index contributed by atoms with van der Waals surface area (Å²) < 4.78 is 22.3. The molecule has 0 aromatic carbocycles. The van der Waals surface area contributed by atoms with Crippen molar-refractivity contribution >= 4 is 15.9 Å². The molecule has 0 aromatic heterocycles. The summed E-state index contributed by atoms with van der Waals surface area (Å²) in [6, 6.07) is -0.370. The number of urea groups is 1. The number of aliphatic hydroxyl groups excluding tert-OH is 1. The standard InChI is InChI=1S/C9H18N2O4S/c1-7(12)4-10-9(13)11-5-8-2-3-16(14,15)6-8/h7-8,12H,2-6H2,1H3,(H2,10,11,13)/t7-,8+/m0/s1. The lowest BCUT2D eigenvalue weighted by Crippen LogP contribution is -2.41. The molecule has 2 amide bonds. The number of aliphatic hydroxyl groups is 1. The van der Waals surface area contributed by atoms with Crippen LogP contribution in [0, 0.1) is 5.92 Å². The molecule has 2 atom stereocenters. The fourth-order valence-electron chi connectivity index (χ4n) is 1.57. The zero-order valence-corrected chi connectivity index (χ0v) is 10.1. The maximum atomic E-state index is 11.2. The van der Waals surface area contributed by atoms with Crippen molar-refractivity contribution in [2.75, 3.05) is 24.6 Å². The van der Waals surface area contributed by atoms with E-state index < -0.39 is 15.9 Å². The van der Waals surface area contributed by atoms with Crippen LogP contribution in [-0.4, -0.2) is 50.3 Å². The summed E-state index contributed by atoms with van der Waals surface area (Å²) >= 11 is 0. The van der Waals surface area contributed by atoms with E-state index in [4.69, 9.17) is 5.11 Å². The summed E-state index contributed by atoms with van der Waals surface area (Å²) in [5.74, 6) is 0.389. The van der Waals surface area contributed by atoms with Gasteiger partial charge >= 0.3 is 6.03 Å². The topological polar surface area (TPSA) is 95.5 Å². The summed E-state index contributed by atoms with van der Waals surface area (Å²) in [5, 5.41) is 14.0. The highest BCUT2D eigenvalue weighted by Crippen LogP contribution is 2.17. The molecule has 7 heteroatoms. The SMILES string of the molecule is C[C@H](O)CNC(=O)NC[C@H]1CCS(=O)(=O)C1. The lowest BCUT2D eigenvalue weighted by molar-refractivity contribution is 0.187. The molecular formula is C9H18N2O4S. The molecule has 0 saturated carbocycles. The van der Waals surface area contributed by atoms with Crippen molar-refractivity contribution < 1.29 is 18.3 Å². The second-order valence-corrected chi connectivity index (χ2v) is 6.44. The van der Waals surface area contributed by atoms with Gasteiger partial charge in [-0.05, 0) is 19.3 Å². The lowest BCUT2D eigenvalue weighted by atomic mass is 10.1. The van der Waals surface area contributed by atoms with Crippen LogP contribution in [0.3, 0.4) is 0 Å². The van der Waals surface area contributed by atoms with Gasteiger partial charge in [0.2, 0.25) is 0 Å². The van der Waals surface area contributed by atoms with Crippen molar-refractivity contribution in [2.24, 2.45) is 5.92 Å². The van der Waals surface area contributed by atoms with Crippen molar-refractivity contribution in [3.05, 3.63) is 0 Å². The minimum Gasteiger partial charge on any atom is -0.392 e. The van der Waals surface area contributed by atoms with Crippen molar-refractivity contribution in [3.63, 3.8) is 0 Å². The van der Waals surface area contributed by atoms with E-state index in [1.165, 1.54) is 0 Å². The maximum absolute atomic E-state index is 11.2. The quantitative estimate of drug-likeness (QED) is 0.602. The second-order valence-electron chi connectivity index (χ2n) is 4.21. The van der Waals surface area contributed by atoms with Gasteiger partial charge in [-0.3, -0.25) is 0 Å². The van der Waals surface area contributed by atoms with E-state index in [-0.39, 0.29) is 30.0 Å². The third-order valence-electron chi connectivity index (χ3n) is 2.44. The molecule has 1 fully saturated rings. The van der Waals surface area contributed by atoms with Crippen LogP contribution >= 0.6 is 0 Å². The fourth-order valence-corrected chi connectivity index (χ4v) is 3.43. The van der Waals surface area contributed by atoms with E-state index >= 15 is 0 Å². The highest BCUT2D eigenvalue weighted by molar-refractivity contribution is 7.91. The second kappa shape index (κ2) is 5.49. The van der Waals surface area contributed by atoms with E-state index in [9.17, 15) is 13.2 Å². The minimum atomic E-state index is -2.88. The zero-order chi connectivity index (χ0) is 12.2. The Hall–Kier alpha value is -0.820. The van der Waals surface area contributed by atoms with Crippen molar-refractivity contribution in [1.29, 1.82) is 0 Å². The number of amides is 2. The predicted octanol–water partition coefficient (Wildman–Crippen LogP) is -0.899. The van der Waals surface area contributed by atoms with E-state index in [0.717, 1.165) is 0 Å². The van der Waals surface area contributed by atoms with Crippen LogP contribution in [0.2, 0.25) is 0 Å². The van der Waals surface area contributed by atoms with Gasteiger partial charge in [0.1, 0.15) is 0 Å². The average molecular weight is 250 g/mol. The van der Waals surface area contributed by atoms with Crippen molar-refractivity contribution in [1.82, 2.24) is 10.6 Å². The molecule has 1 rings (SSSR count). The molecule has 1 aliphatic rings. The Labute approximate surface area is 95.3 Å². The van der Waals surface area contributed by atoms with Gasteiger partial charge in [0.05, 0.1) is 17.6 Å². The van der Waals surface area contributed by atoms with Crippen LogP contribution in [0.15, 0.2) is 0 Å². The van der Waals surface area contributed by atoms with E-state index in [1.807, 2.05) is 0 Å². The highest BCUT2D eigenvalue weighted by atomic mass is 32.2. The Morgan fingerprint density at radius 3 is 2.69 bits per heavy atom. The highest BCUT2D eigenvalue weighted by Gasteiger charge is 2.27. The van der Waals surface area contributed by atoms with Crippen LogP contribution in [0.25, 0.3) is 0 Å². The predicted molar refractivity (Wildman–Crippen MR) is 59.8 cm³/mol. The molecule has 6 nitrogen and oxygen atoms in total. The third-order valence-corrected chi connectivity index (χ3v) is 4.27. The molecule has 0 aliphatic carbocycles. The Bertz CT molecular complexity index is 339. The number of carbonyl (C=O) groups excluding carboxylic acids is 1. The summed E-state index contributed by atoms with van der Waals surface area (Å²) in [6.07, 6.45) is 0.0246. The molecule has 0 aromatic rings. The number of hydrogen-bond donors (Lipinski definition) is 3. The van der Waals surface area contributed by atoms with Gasteiger partial charge in [-0.2, -0.15) is 0 Å². The van der Waals surface area contributed by atoms with Gasteiger partial charge < -0.3 is 15.7 Å². The zero-order valence-electron chi connectivity index (χ0n) is 9.27. The molecule has 0 unspecified atom stereocenters. The van der Waals surface area contributed by atoms with E-state index in [1.54, 1.807) is 6.92 Å². The first kappa shape index (κ1) is 13.2. The first-order valence-corrected chi connectivity index (χ1v) is 7.11. The first-order valence-electron chi connectivity index (χ1n) is 5.29. The number of rotatable bonds is 4. The number of hydrogen-bond acceptors (Lipinski definition) is 4. The van der Waals surface area contributed by atoms with Crippen LogP contribution in [0.4, 0.5) is 4.79 Å². The number of carbonyl (C=O) groups is 1. The molecule has 94 valence electrons. The largest absolute Gasteiger partial charge is 0.392 e. The van der Waals surface area contributed by atoms with Crippen LogP contribution < -0.4 is 10.6 Å². The monoisotopic (exact) mass is 250 g/mol. The Morgan fingerprint density at radius 2 is 2.19 bits per heavy atom. The molecule has 0 bridgehead atoms. The van der Waals surface area contributed by atoms with Gasteiger partial charge in [0, 0.05) is 13.1 Å². The summed E-state index contributed by atoms with van der Waals surface area (Å²) in [7, 11) is -2.88. The Kier molecular flexibility index (Phi) is 4.55. The van der Waals surface area contributed by atoms with E-state index in [0.29, 0.717) is 13.0 Å². The Morgan fingerprint density at radius 1 is 1.50 bits per heavy atom. The van der Waals surface area contributed by atoms with Crippen LogP contribution in [0.5, 0.6) is 0 Å². The van der Waals surface area contributed by atoms with Gasteiger partial charge in [-0.1, -0.05) is 0 Å². The van der Waals surface area contributed by atoms with Gasteiger partial charge in [-0.15, -0.1) is 0 Å². The van der Waals surface area contributed by atoms with Gasteiger partial charge in [0.25, 0.3) is 0 Å². The van der Waals surface area contributed by atoms with E-state index in [2.05, 4.69) is 10.6 Å².